The SMILES string of the molecule is CC(=O)NCCN(C(=O)c1cc(C2CC2)[nH]n1)C(C)C(=O)O. The predicted octanol–water partition coefficient (Wildman–Crippen LogP) is 0.338. The number of aromatic nitrogens is 2. The van der Waals surface area contributed by atoms with E-state index in [4.69, 9.17) is 5.11 Å². The maximum absolute atomic E-state index is 12.5. The minimum Gasteiger partial charge on any atom is -0.480 e. The smallest absolute Gasteiger partial charge is 0.326 e. The topological polar surface area (TPSA) is 115 Å². The van der Waals surface area contributed by atoms with Crippen molar-refractivity contribution in [3.05, 3.63) is 17.5 Å². The predicted molar refractivity (Wildman–Crippen MR) is 77.4 cm³/mol. The van der Waals surface area contributed by atoms with Gasteiger partial charge in [-0.3, -0.25) is 14.7 Å². The summed E-state index contributed by atoms with van der Waals surface area (Å²) in [6.07, 6.45) is 2.15. The average Bonchev–Trinajstić information content (AvgIpc) is 3.19. The van der Waals surface area contributed by atoms with E-state index in [-0.39, 0.29) is 24.7 Å². The van der Waals surface area contributed by atoms with E-state index in [1.54, 1.807) is 6.07 Å². The standard InChI is InChI=1S/C14H20N4O4/c1-8(14(21)22)18(6-5-15-9(2)19)13(20)12-7-11(16-17-12)10-3-4-10/h7-8,10H,3-6H2,1-2H3,(H,15,19)(H,16,17)(H,21,22). The van der Waals surface area contributed by atoms with Gasteiger partial charge in [-0.2, -0.15) is 5.10 Å². The summed E-state index contributed by atoms with van der Waals surface area (Å²) in [6, 6.07) is 0.683. The Morgan fingerprint density at radius 2 is 2.18 bits per heavy atom. The fourth-order valence-electron chi connectivity index (χ4n) is 2.15. The molecule has 3 N–H and O–H groups in total. The van der Waals surface area contributed by atoms with Crippen molar-refractivity contribution in [1.29, 1.82) is 0 Å². The minimum absolute atomic E-state index is 0.109. The van der Waals surface area contributed by atoms with Crippen LogP contribution in [-0.2, 0) is 9.59 Å². The molecule has 8 nitrogen and oxygen atoms in total. The largest absolute Gasteiger partial charge is 0.480 e. The minimum atomic E-state index is -1.10. The van der Waals surface area contributed by atoms with E-state index in [2.05, 4.69) is 15.5 Å². The number of carbonyl (C=O) groups is 3. The van der Waals surface area contributed by atoms with Crippen molar-refractivity contribution in [3.63, 3.8) is 0 Å². The highest BCUT2D eigenvalue weighted by atomic mass is 16.4. The van der Waals surface area contributed by atoms with Crippen LogP contribution >= 0.6 is 0 Å². The van der Waals surface area contributed by atoms with E-state index in [0.717, 1.165) is 18.5 Å². The van der Waals surface area contributed by atoms with Gasteiger partial charge in [0.15, 0.2) is 0 Å². The summed E-state index contributed by atoms with van der Waals surface area (Å²) in [5.74, 6) is -1.36. The first kappa shape index (κ1) is 16.0. The lowest BCUT2D eigenvalue weighted by atomic mass is 10.2. The molecule has 0 aliphatic heterocycles. The zero-order valence-corrected chi connectivity index (χ0v) is 12.6. The van der Waals surface area contributed by atoms with Gasteiger partial charge in [0.1, 0.15) is 11.7 Å². The van der Waals surface area contributed by atoms with Gasteiger partial charge in [-0.25, -0.2) is 4.79 Å². The second-order valence-electron chi connectivity index (χ2n) is 5.48. The molecule has 1 fully saturated rings. The van der Waals surface area contributed by atoms with Crippen molar-refractivity contribution >= 4 is 17.8 Å². The Hall–Kier alpha value is -2.38. The normalized spacial score (nSPS) is 15.2. The number of carboxylic acid groups (broad SMARTS) is 1. The van der Waals surface area contributed by atoms with Gasteiger partial charge in [0.05, 0.1) is 0 Å². The third-order valence-electron chi connectivity index (χ3n) is 3.65. The number of hydrogen-bond donors (Lipinski definition) is 3. The average molecular weight is 308 g/mol. The third-order valence-corrected chi connectivity index (χ3v) is 3.65. The molecule has 0 saturated heterocycles. The van der Waals surface area contributed by atoms with Gasteiger partial charge >= 0.3 is 5.97 Å². The van der Waals surface area contributed by atoms with Crippen LogP contribution < -0.4 is 5.32 Å². The Labute approximate surface area is 127 Å². The van der Waals surface area contributed by atoms with Crippen LogP contribution in [0, 0.1) is 0 Å². The van der Waals surface area contributed by atoms with E-state index in [9.17, 15) is 14.4 Å². The third kappa shape index (κ3) is 3.84. The highest BCUT2D eigenvalue weighted by molar-refractivity contribution is 5.95. The fraction of sp³-hybridized carbons (Fsp3) is 0.571. The Morgan fingerprint density at radius 3 is 2.73 bits per heavy atom. The lowest BCUT2D eigenvalue weighted by Gasteiger charge is -2.25. The maximum atomic E-state index is 12.5. The summed E-state index contributed by atoms with van der Waals surface area (Å²) >= 11 is 0. The summed E-state index contributed by atoms with van der Waals surface area (Å²) in [6.45, 7) is 3.10. The first-order valence-electron chi connectivity index (χ1n) is 7.23. The van der Waals surface area contributed by atoms with Gasteiger partial charge in [-0.1, -0.05) is 0 Å². The summed E-state index contributed by atoms with van der Waals surface area (Å²) < 4.78 is 0. The molecule has 0 radical (unpaired) electrons. The zero-order chi connectivity index (χ0) is 16.3. The van der Waals surface area contributed by atoms with Crippen LogP contribution in [-0.4, -0.2) is 57.1 Å². The molecule has 120 valence electrons. The van der Waals surface area contributed by atoms with Crippen molar-refractivity contribution in [2.75, 3.05) is 13.1 Å². The van der Waals surface area contributed by atoms with Crippen LogP contribution in [0.15, 0.2) is 6.07 Å². The number of aliphatic carboxylic acids is 1. The monoisotopic (exact) mass is 308 g/mol. The van der Waals surface area contributed by atoms with E-state index in [1.165, 1.54) is 18.7 Å². The van der Waals surface area contributed by atoms with Gasteiger partial charge in [-0.15, -0.1) is 0 Å². The lowest BCUT2D eigenvalue weighted by molar-refractivity contribution is -0.141. The highest BCUT2D eigenvalue weighted by Gasteiger charge is 2.30. The van der Waals surface area contributed by atoms with Gasteiger partial charge in [-0.05, 0) is 25.8 Å². The number of hydrogen-bond acceptors (Lipinski definition) is 4. The van der Waals surface area contributed by atoms with Gasteiger partial charge in [0.2, 0.25) is 5.91 Å². The Morgan fingerprint density at radius 1 is 1.50 bits per heavy atom. The molecule has 1 unspecified atom stereocenters. The summed E-state index contributed by atoms with van der Waals surface area (Å²) in [7, 11) is 0. The van der Waals surface area contributed by atoms with Crippen molar-refractivity contribution in [2.45, 2.75) is 38.6 Å². The van der Waals surface area contributed by atoms with Crippen molar-refractivity contribution in [2.24, 2.45) is 0 Å². The molecule has 0 aromatic carbocycles. The van der Waals surface area contributed by atoms with Crippen molar-refractivity contribution in [1.82, 2.24) is 20.4 Å². The molecule has 0 spiro atoms. The second-order valence-corrected chi connectivity index (χ2v) is 5.48. The van der Waals surface area contributed by atoms with Crippen molar-refractivity contribution < 1.29 is 19.5 Å². The molecule has 2 amide bonds. The van der Waals surface area contributed by atoms with Gasteiger partial charge in [0.25, 0.3) is 5.91 Å². The number of carboxylic acids is 1. The van der Waals surface area contributed by atoms with Crippen LogP contribution in [0.3, 0.4) is 0 Å². The van der Waals surface area contributed by atoms with Crippen LogP contribution in [0.25, 0.3) is 0 Å². The molecular formula is C14H20N4O4. The number of H-pyrrole nitrogens is 1. The molecule has 8 heteroatoms. The molecular weight excluding hydrogens is 288 g/mol. The van der Waals surface area contributed by atoms with Crippen LogP contribution in [0.1, 0.15) is 48.8 Å². The van der Waals surface area contributed by atoms with Gasteiger partial charge < -0.3 is 15.3 Å². The number of rotatable bonds is 7. The number of nitrogens with one attached hydrogen (secondary N) is 2. The first-order chi connectivity index (χ1) is 10.4. The Bertz CT molecular complexity index is 579. The number of carbonyl (C=O) groups excluding carboxylic acids is 2. The van der Waals surface area contributed by atoms with E-state index >= 15 is 0 Å². The maximum Gasteiger partial charge on any atom is 0.326 e. The molecule has 1 aromatic rings. The molecule has 0 bridgehead atoms. The number of aromatic amines is 1. The van der Waals surface area contributed by atoms with E-state index < -0.39 is 17.9 Å². The first-order valence-corrected chi connectivity index (χ1v) is 7.23. The van der Waals surface area contributed by atoms with Crippen LogP contribution in [0.2, 0.25) is 0 Å². The fourth-order valence-corrected chi connectivity index (χ4v) is 2.15. The lowest BCUT2D eigenvalue weighted by Crippen LogP contribution is -2.46. The highest BCUT2D eigenvalue weighted by Crippen LogP contribution is 2.39. The van der Waals surface area contributed by atoms with Crippen molar-refractivity contribution in [3.8, 4) is 0 Å². The molecule has 1 aliphatic carbocycles. The molecule has 1 saturated carbocycles. The Balaban J connectivity index is 2.08. The van der Waals surface area contributed by atoms with E-state index in [0.29, 0.717) is 5.92 Å². The Kier molecular flexibility index (Phi) is 4.79. The molecule has 22 heavy (non-hydrogen) atoms. The van der Waals surface area contributed by atoms with Crippen LogP contribution in [0.4, 0.5) is 0 Å². The molecule has 2 rings (SSSR count). The summed E-state index contributed by atoms with van der Waals surface area (Å²) in [5.41, 5.74) is 1.12. The van der Waals surface area contributed by atoms with Gasteiger partial charge in [0, 0.05) is 31.6 Å². The number of amides is 2. The second kappa shape index (κ2) is 6.59. The summed E-state index contributed by atoms with van der Waals surface area (Å²) in [5, 5.41) is 18.5. The molecule has 1 aliphatic rings. The molecule has 1 heterocycles. The van der Waals surface area contributed by atoms with Crippen LogP contribution in [0.5, 0.6) is 0 Å². The molecule has 1 aromatic heterocycles. The van der Waals surface area contributed by atoms with E-state index in [1.807, 2.05) is 0 Å². The number of nitrogens with zero attached hydrogens (tertiary/aromatic N) is 2. The zero-order valence-electron chi connectivity index (χ0n) is 12.6. The molecule has 1 atom stereocenters. The quantitative estimate of drug-likeness (QED) is 0.671. The summed E-state index contributed by atoms with van der Waals surface area (Å²) in [4.78, 5) is 35.8.